The van der Waals surface area contributed by atoms with Crippen molar-refractivity contribution in [2.45, 2.75) is 26.2 Å². The van der Waals surface area contributed by atoms with Gasteiger partial charge < -0.3 is 4.74 Å². The van der Waals surface area contributed by atoms with Gasteiger partial charge in [0, 0.05) is 19.0 Å². The van der Waals surface area contributed by atoms with Crippen LogP contribution in [0.1, 0.15) is 30.9 Å². The summed E-state index contributed by atoms with van der Waals surface area (Å²) in [6.45, 7) is 2.95. The second-order valence-electron chi connectivity index (χ2n) is 4.05. The predicted molar refractivity (Wildman–Crippen MR) is 78.7 cm³/mol. The fraction of sp³-hybridized carbons (Fsp3) is 0.467. The first-order valence-corrected chi connectivity index (χ1v) is 7.24. The molecule has 0 aliphatic rings. The molecule has 94 valence electrons. The number of halogens is 1. The third-order valence-electron chi connectivity index (χ3n) is 2.90. The van der Waals surface area contributed by atoms with Gasteiger partial charge in [-0.25, -0.2) is 0 Å². The second-order valence-corrected chi connectivity index (χ2v) is 4.62. The summed E-state index contributed by atoms with van der Waals surface area (Å²) in [5.74, 6) is 0. The van der Waals surface area contributed by atoms with Crippen LogP contribution in [0.2, 0.25) is 0 Å². The number of allylic oxidation sites excluding steroid dienone is 2. The molecule has 0 atom stereocenters. The van der Waals surface area contributed by atoms with Gasteiger partial charge in [-0.1, -0.05) is 46.3 Å². The van der Waals surface area contributed by atoms with Crippen molar-refractivity contribution < 1.29 is 4.74 Å². The molecule has 0 aliphatic heterocycles. The Kier molecular flexibility index (Phi) is 7.22. The summed E-state index contributed by atoms with van der Waals surface area (Å²) in [7, 11) is 1.76. The fourth-order valence-electron chi connectivity index (χ4n) is 1.92. The first-order chi connectivity index (χ1) is 8.33. The van der Waals surface area contributed by atoms with Crippen molar-refractivity contribution in [2.24, 2.45) is 0 Å². The van der Waals surface area contributed by atoms with Crippen molar-refractivity contribution in [3.05, 3.63) is 41.5 Å². The SMILES string of the molecule is CC=C(CBr)c1ccccc1CCCCOC. The highest BCUT2D eigenvalue weighted by atomic mass is 79.9. The van der Waals surface area contributed by atoms with E-state index in [2.05, 4.69) is 53.2 Å². The molecule has 0 spiro atoms. The molecule has 0 fully saturated rings. The van der Waals surface area contributed by atoms with Crippen LogP contribution in [0.4, 0.5) is 0 Å². The first-order valence-electron chi connectivity index (χ1n) is 6.11. The molecule has 0 saturated carbocycles. The Bertz CT molecular complexity index is 358. The van der Waals surface area contributed by atoms with Crippen molar-refractivity contribution in [1.82, 2.24) is 0 Å². The molecule has 1 aromatic rings. The lowest BCUT2D eigenvalue weighted by molar-refractivity contribution is 0.193. The molecule has 1 nitrogen and oxygen atoms in total. The minimum absolute atomic E-state index is 0.858. The molecule has 0 amide bonds. The zero-order valence-electron chi connectivity index (χ0n) is 10.7. The Balaban J connectivity index is 2.71. The lowest BCUT2D eigenvalue weighted by atomic mass is 9.97. The van der Waals surface area contributed by atoms with Crippen molar-refractivity contribution in [2.75, 3.05) is 19.0 Å². The maximum Gasteiger partial charge on any atom is 0.0462 e. The number of hydrogen-bond acceptors (Lipinski definition) is 1. The van der Waals surface area contributed by atoms with Gasteiger partial charge in [-0.3, -0.25) is 0 Å². The molecule has 0 radical (unpaired) electrons. The summed E-state index contributed by atoms with van der Waals surface area (Å²) in [6, 6.07) is 8.67. The summed E-state index contributed by atoms with van der Waals surface area (Å²) >= 11 is 3.55. The van der Waals surface area contributed by atoms with E-state index in [0.29, 0.717) is 0 Å². The Labute approximate surface area is 113 Å². The molecule has 0 saturated heterocycles. The Hall–Kier alpha value is -0.600. The van der Waals surface area contributed by atoms with E-state index < -0.39 is 0 Å². The van der Waals surface area contributed by atoms with Gasteiger partial charge in [0.2, 0.25) is 0 Å². The molecule has 2 heteroatoms. The van der Waals surface area contributed by atoms with Gasteiger partial charge in [-0.2, -0.15) is 0 Å². The highest BCUT2D eigenvalue weighted by Gasteiger charge is 2.05. The monoisotopic (exact) mass is 296 g/mol. The van der Waals surface area contributed by atoms with E-state index in [1.807, 2.05) is 0 Å². The van der Waals surface area contributed by atoms with Crippen molar-refractivity contribution in [3.63, 3.8) is 0 Å². The molecule has 1 aromatic carbocycles. The fourth-order valence-corrected chi connectivity index (χ4v) is 2.54. The van der Waals surface area contributed by atoms with E-state index in [1.165, 1.54) is 23.1 Å². The van der Waals surface area contributed by atoms with Gasteiger partial charge in [0.25, 0.3) is 0 Å². The number of benzene rings is 1. The normalized spacial score (nSPS) is 11.8. The Morgan fingerprint density at radius 2 is 2.06 bits per heavy atom. The van der Waals surface area contributed by atoms with Crippen LogP contribution < -0.4 is 0 Å². The van der Waals surface area contributed by atoms with Crippen LogP contribution in [0.5, 0.6) is 0 Å². The van der Waals surface area contributed by atoms with E-state index in [4.69, 9.17) is 4.74 Å². The standard InChI is InChI=1S/C15H21BrO/c1-3-13(12-16)15-10-5-4-8-14(15)9-6-7-11-17-2/h3-5,8,10H,6-7,9,11-12H2,1-2H3. The molecule has 0 aromatic heterocycles. The summed E-state index contributed by atoms with van der Waals surface area (Å²) in [5, 5.41) is 0.915. The number of rotatable bonds is 7. The Morgan fingerprint density at radius 1 is 1.29 bits per heavy atom. The number of ether oxygens (including phenoxy) is 1. The average Bonchev–Trinajstić information content (AvgIpc) is 2.38. The molecular formula is C15H21BrO. The topological polar surface area (TPSA) is 9.23 Å². The molecule has 17 heavy (non-hydrogen) atoms. The quantitative estimate of drug-likeness (QED) is 0.533. The average molecular weight is 297 g/mol. The third kappa shape index (κ3) is 4.64. The summed E-state index contributed by atoms with van der Waals surface area (Å²) < 4.78 is 5.08. The summed E-state index contributed by atoms with van der Waals surface area (Å²) in [5.41, 5.74) is 4.19. The van der Waals surface area contributed by atoms with Crippen LogP contribution in [0.25, 0.3) is 5.57 Å². The van der Waals surface area contributed by atoms with Crippen LogP contribution in [0.15, 0.2) is 30.3 Å². The zero-order valence-corrected chi connectivity index (χ0v) is 12.3. The van der Waals surface area contributed by atoms with Gasteiger partial charge in [-0.05, 0) is 42.9 Å². The van der Waals surface area contributed by atoms with Gasteiger partial charge in [0.15, 0.2) is 0 Å². The van der Waals surface area contributed by atoms with Gasteiger partial charge in [0.1, 0.15) is 0 Å². The molecule has 1 rings (SSSR count). The molecular weight excluding hydrogens is 276 g/mol. The molecule has 0 heterocycles. The Morgan fingerprint density at radius 3 is 2.71 bits per heavy atom. The number of methoxy groups -OCH3 is 1. The lowest BCUT2D eigenvalue weighted by Crippen LogP contribution is -1.96. The smallest absolute Gasteiger partial charge is 0.0462 e. The highest BCUT2D eigenvalue weighted by molar-refractivity contribution is 9.09. The predicted octanol–water partition coefficient (Wildman–Crippen LogP) is 4.45. The summed E-state index contributed by atoms with van der Waals surface area (Å²) in [4.78, 5) is 0. The maximum absolute atomic E-state index is 5.08. The molecule has 0 aliphatic carbocycles. The lowest BCUT2D eigenvalue weighted by Gasteiger charge is -2.11. The highest BCUT2D eigenvalue weighted by Crippen LogP contribution is 2.22. The first kappa shape index (κ1) is 14.5. The second kappa shape index (κ2) is 8.48. The zero-order chi connectivity index (χ0) is 12.5. The minimum atomic E-state index is 0.858. The summed E-state index contributed by atoms with van der Waals surface area (Å²) in [6.07, 6.45) is 5.63. The molecule has 0 unspecified atom stereocenters. The van der Waals surface area contributed by atoms with E-state index in [-0.39, 0.29) is 0 Å². The van der Waals surface area contributed by atoms with Crippen LogP contribution >= 0.6 is 15.9 Å². The van der Waals surface area contributed by atoms with E-state index in [0.717, 1.165) is 24.8 Å². The van der Waals surface area contributed by atoms with E-state index >= 15 is 0 Å². The third-order valence-corrected chi connectivity index (χ3v) is 3.50. The van der Waals surface area contributed by atoms with Gasteiger partial charge >= 0.3 is 0 Å². The van der Waals surface area contributed by atoms with Crippen LogP contribution in [0, 0.1) is 0 Å². The van der Waals surface area contributed by atoms with Crippen LogP contribution in [-0.4, -0.2) is 19.0 Å². The number of aryl methyl sites for hydroxylation is 1. The molecule has 0 N–H and O–H groups in total. The number of unbranched alkanes of at least 4 members (excludes halogenated alkanes) is 1. The van der Waals surface area contributed by atoms with E-state index in [9.17, 15) is 0 Å². The van der Waals surface area contributed by atoms with Crippen LogP contribution in [0.3, 0.4) is 0 Å². The van der Waals surface area contributed by atoms with Gasteiger partial charge in [-0.15, -0.1) is 0 Å². The van der Waals surface area contributed by atoms with Crippen LogP contribution in [-0.2, 0) is 11.2 Å². The van der Waals surface area contributed by atoms with Crippen molar-refractivity contribution >= 4 is 21.5 Å². The number of hydrogen-bond donors (Lipinski definition) is 0. The molecule has 0 bridgehead atoms. The van der Waals surface area contributed by atoms with Crippen molar-refractivity contribution in [1.29, 1.82) is 0 Å². The largest absolute Gasteiger partial charge is 0.385 e. The van der Waals surface area contributed by atoms with E-state index in [1.54, 1.807) is 7.11 Å². The van der Waals surface area contributed by atoms with Crippen molar-refractivity contribution in [3.8, 4) is 0 Å². The number of alkyl halides is 1. The maximum atomic E-state index is 5.08. The van der Waals surface area contributed by atoms with Gasteiger partial charge in [0.05, 0.1) is 0 Å². The minimum Gasteiger partial charge on any atom is -0.385 e.